The van der Waals surface area contributed by atoms with Crippen LogP contribution >= 0.6 is 11.6 Å². The summed E-state index contributed by atoms with van der Waals surface area (Å²) >= 11 is 5.98. The Morgan fingerprint density at radius 2 is 1.76 bits per heavy atom. The molecule has 0 bridgehead atoms. The highest BCUT2D eigenvalue weighted by molar-refractivity contribution is 6.31. The first-order chi connectivity index (χ1) is 16.4. The van der Waals surface area contributed by atoms with E-state index in [1.165, 1.54) is 19.2 Å². The van der Waals surface area contributed by atoms with Crippen LogP contribution in [0.2, 0.25) is 5.02 Å². The molecule has 34 heavy (non-hydrogen) atoms. The van der Waals surface area contributed by atoms with E-state index in [-0.39, 0.29) is 28.8 Å². The molecule has 0 N–H and O–H groups in total. The summed E-state index contributed by atoms with van der Waals surface area (Å²) < 4.78 is 27.3. The van der Waals surface area contributed by atoms with Crippen molar-refractivity contribution in [3.63, 3.8) is 0 Å². The minimum Gasteiger partial charge on any atom is -0.497 e. The lowest BCUT2D eigenvalue weighted by atomic mass is 10.1. The standard InChI is InChI=1S/C26H17ClO7/c1-30-17-5-3-14(21(12-17)31-2)10-23-25(28)19-7-6-18(13-22(19)34-23)32-26(29)24-11-15-9-16(27)4-8-20(15)33-24/h3-13H,1-2H3/b23-10-. The summed E-state index contributed by atoms with van der Waals surface area (Å²) in [5.74, 6) is 0.818. The van der Waals surface area contributed by atoms with Gasteiger partial charge in [-0.2, -0.15) is 0 Å². The Morgan fingerprint density at radius 1 is 0.941 bits per heavy atom. The molecule has 0 saturated heterocycles. The second-order valence-corrected chi connectivity index (χ2v) is 7.82. The summed E-state index contributed by atoms with van der Waals surface area (Å²) in [6.45, 7) is 0. The normalized spacial score (nSPS) is 13.6. The van der Waals surface area contributed by atoms with Crippen LogP contribution in [0.4, 0.5) is 0 Å². The van der Waals surface area contributed by atoms with Gasteiger partial charge in [0.15, 0.2) is 5.76 Å². The van der Waals surface area contributed by atoms with Gasteiger partial charge in [0.05, 0.1) is 19.8 Å². The van der Waals surface area contributed by atoms with Crippen LogP contribution < -0.4 is 18.9 Å². The summed E-state index contributed by atoms with van der Waals surface area (Å²) in [4.78, 5) is 25.4. The second-order valence-electron chi connectivity index (χ2n) is 7.39. The fourth-order valence-corrected chi connectivity index (χ4v) is 3.76. The lowest BCUT2D eigenvalue weighted by molar-refractivity contribution is 0.0703. The number of carbonyl (C=O) groups is 2. The van der Waals surface area contributed by atoms with Crippen LogP contribution in [-0.2, 0) is 0 Å². The number of methoxy groups -OCH3 is 2. The number of ketones is 1. The molecule has 5 rings (SSSR count). The van der Waals surface area contributed by atoms with E-state index < -0.39 is 5.97 Å². The Kier molecular flexibility index (Phi) is 5.47. The molecule has 2 heterocycles. The predicted octanol–water partition coefficient (Wildman–Crippen LogP) is 5.94. The van der Waals surface area contributed by atoms with Gasteiger partial charge in [-0.25, -0.2) is 4.79 Å². The Morgan fingerprint density at radius 3 is 2.56 bits per heavy atom. The van der Waals surface area contributed by atoms with Crippen molar-refractivity contribution in [1.82, 2.24) is 0 Å². The van der Waals surface area contributed by atoms with Gasteiger partial charge in [0.25, 0.3) is 0 Å². The Hall–Kier alpha value is -4.23. The maximum absolute atomic E-state index is 12.8. The molecule has 4 aromatic rings. The van der Waals surface area contributed by atoms with Gasteiger partial charge in [0.1, 0.15) is 28.6 Å². The highest BCUT2D eigenvalue weighted by Crippen LogP contribution is 2.36. The zero-order valence-corrected chi connectivity index (χ0v) is 18.8. The molecular weight excluding hydrogens is 460 g/mol. The van der Waals surface area contributed by atoms with E-state index in [0.717, 1.165) is 0 Å². The fourth-order valence-electron chi connectivity index (χ4n) is 3.58. The first-order valence-corrected chi connectivity index (χ1v) is 10.5. The average molecular weight is 477 g/mol. The quantitative estimate of drug-likeness (QED) is 0.200. The topological polar surface area (TPSA) is 84.2 Å². The predicted molar refractivity (Wildman–Crippen MR) is 125 cm³/mol. The molecule has 0 spiro atoms. The molecule has 0 atom stereocenters. The molecule has 0 unspecified atom stereocenters. The van der Waals surface area contributed by atoms with Crippen molar-refractivity contribution in [1.29, 1.82) is 0 Å². The number of halogens is 1. The third-order valence-electron chi connectivity index (χ3n) is 5.26. The van der Waals surface area contributed by atoms with E-state index in [9.17, 15) is 9.59 Å². The van der Waals surface area contributed by atoms with Crippen molar-refractivity contribution in [2.75, 3.05) is 14.2 Å². The number of hydrogen-bond donors (Lipinski definition) is 0. The Bertz CT molecular complexity index is 1480. The van der Waals surface area contributed by atoms with Crippen molar-refractivity contribution in [2.24, 2.45) is 0 Å². The van der Waals surface area contributed by atoms with Gasteiger partial charge in [0.2, 0.25) is 11.5 Å². The van der Waals surface area contributed by atoms with E-state index in [4.69, 9.17) is 35.0 Å². The number of carbonyl (C=O) groups excluding carboxylic acids is 2. The van der Waals surface area contributed by atoms with Gasteiger partial charge in [-0.3, -0.25) is 4.79 Å². The SMILES string of the molecule is COc1ccc(/C=C2\Oc3cc(OC(=O)c4cc5cc(Cl)ccc5o4)ccc3C2=O)c(OC)c1. The maximum atomic E-state index is 12.8. The fraction of sp³-hybridized carbons (Fsp3) is 0.0769. The van der Waals surface area contributed by atoms with E-state index >= 15 is 0 Å². The highest BCUT2D eigenvalue weighted by atomic mass is 35.5. The number of furan rings is 1. The average Bonchev–Trinajstić information content (AvgIpc) is 3.39. The molecule has 3 aromatic carbocycles. The lowest BCUT2D eigenvalue weighted by Gasteiger charge is -2.08. The number of Topliss-reactive ketones (excluding diaryl/α,β-unsaturated/α-hetero) is 1. The molecular formula is C26H17ClO7. The molecule has 0 amide bonds. The zero-order valence-electron chi connectivity index (χ0n) is 18.1. The van der Waals surface area contributed by atoms with Gasteiger partial charge >= 0.3 is 5.97 Å². The molecule has 8 heteroatoms. The maximum Gasteiger partial charge on any atom is 0.379 e. The molecule has 170 valence electrons. The van der Waals surface area contributed by atoms with Gasteiger partial charge < -0.3 is 23.4 Å². The van der Waals surface area contributed by atoms with Crippen molar-refractivity contribution in [2.45, 2.75) is 0 Å². The largest absolute Gasteiger partial charge is 0.497 e. The monoisotopic (exact) mass is 476 g/mol. The van der Waals surface area contributed by atoms with Gasteiger partial charge in [-0.1, -0.05) is 11.6 Å². The van der Waals surface area contributed by atoms with E-state index in [2.05, 4.69) is 0 Å². The van der Waals surface area contributed by atoms with E-state index in [1.807, 2.05) is 0 Å². The van der Waals surface area contributed by atoms with Crippen molar-refractivity contribution < 1.29 is 33.0 Å². The first kappa shape index (κ1) is 21.6. The highest BCUT2D eigenvalue weighted by Gasteiger charge is 2.28. The number of fused-ring (bicyclic) bond motifs is 2. The number of ether oxygens (including phenoxy) is 4. The van der Waals surface area contributed by atoms with Crippen LogP contribution in [0.5, 0.6) is 23.0 Å². The number of esters is 1. The molecule has 0 fully saturated rings. The Balaban J connectivity index is 1.37. The molecule has 1 aromatic heterocycles. The van der Waals surface area contributed by atoms with Crippen LogP contribution in [0.15, 0.2) is 70.8 Å². The summed E-state index contributed by atoms with van der Waals surface area (Å²) in [5.41, 5.74) is 1.52. The molecule has 1 aliphatic rings. The molecule has 0 aliphatic carbocycles. The third kappa shape index (κ3) is 3.97. The van der Waals surface area contributed by atoms with Crippen molar-refractivity contribution >= 4 is 40.4 Å². The number of rotatable bonds is 5. The van der Waals surface area contributed by atoms with Crippen molar-refractivity contribution in [3.05, 3.63) is 88.3 Å². The minimum absolute atomic E-state index is 0.0296. The molecule has 1 aliphatic heterocycles. The minimum atomic E-state index is -0.685. The Labute approximate surface area is 199 Å². The molecule has 0 radical (unpaired) electrons. The number of benzene rings is 3. The van der Waals surface area contributed by atoms with E-state index in [1.54, 1.807) is 61.7 Å². The van der Waals surface area contributed by atoms with Gasteiger partial charge in [-0.05, 0) is 54.6 Å². The summed E-state index contributed by atoms with van der Waals surface area (Å²) in [6.07, 6.45) is 1.59. The van der Waals surface area contributed by atoms with Crippen molar-refractivity contribution in [3.8, 4) is 23.0 Å². The van der Waals surface area contributed by atoms with Gasteiger partial charge in [0, 0.05) is 28.1 Å². The first-order valence-electron chi connectivity index (χ1n) is 10.2. The summed E-state index contributed by atoms with van der Waals surface area (Å²) in [5, 5.41) is 1.22. The summed E-state index contributed by atoms with van der Waals surface area (Å²) in [6, 6.07) is 16.4. The van der Waals surface area contributed by atoms with Gasteiger partial charge in [-0.15, -0.1) is 0 Å². The molecule has 0 saturated carbocycles. The molecule has 7 nitrogen and oxygen atoms in total. The number of allylic oxidation sites excluding steroid dienone is 1. The second kappa shape index (κ2) is 8.61. The summed E-state index contributed by atoms with van der Waals surface area (Å²) in [7, 11) is 3.08. The van der Waals surface area contributed by atoms with Crippen LogP contribution in [0.1, 0.15) is 26.5 Å². The van der Waals surface area contributed by atoms with Crippen LogP contribution in [-0.4, -0.2) is 26.0 Å². The van der Waals surface area contributed by atoms with Crippen LogP contribution in [0.25, 0.3) is 17.0 Å². The van der Waals surface area contributed by atoms with Crippen LogP contribution in [0.3, 0.4) is 0 Å². The van der Waals surface area contributed by atoms with E-state index in [0.29, 0.717) is 38.6 Å². The lowest BCUT2D eigenvalue weighted by Crippen LogP contribution is -2.07. The third-order valence-corrected chi connectivity index (χ3v) is 5.49. The van der Waals surface area contributed by atoms with Crippen LogP contribution in [0, 0.1) is 0 Å². The zero-order chi connectivity index (χ0) is 23.8. The number of hydrogen-bond acceptors (Lipinski definition) is 7. The smallest absolute Gasteiger partial charge is 0.379 e.